The average molecular weight is 286 g/mol. The summed E-state index contributed by atoms with van der Waals surface area (Å²) in [6, 6.07) is 12.7. The molecule has 0 heterocycles. The normalized spacial score (nSPS) is 9.90. The van der Waals surface area contributed by atoms with Crippen LogP contribution in [-0.4, -0.2) is 13.0 Å². The summed E-state index contributed by atoms with van der Waals surface area (Å²) in [4.78, 5) is 13.8. The molecule has 100 valence electrons. The van der Waals surface area contributed by atoms with Gasteiger partial charge >= 0.3 is 0 Å². The predicted molar refractivity (Wildman–Crippen MR) is 77.5 cm³/mol. The number of hydrogen-bond donors (Lipinski definition) is 1. The third-order valence-corrected chi connectivity index (χ3v) is 3.20. The highest BCUT2D eigenvalue weighted by molar-refractivity contribution is 7.80. The molecule has 0 N–H and O–H groups in total. The van der Waals surface area contributed by atoms with Crippen molar-refractivity contribution in [3.63, 3.8) is 0 Å². The highest BCUT2D eigenvalue weighted by atomic mass is 32.1. The third kappa shape index (κ3) is 2.81. The molecule has 0 aliphatic carbocycles. The molecule has 0 bridgehead atoms. The quantitative estimate of drug-likeness (QED) is 0.861. The Labute approximate surface area is 121 Å². The SMILES string of the molecule is CN(C(=O)c1ccc(F)c(S)c1)c1cccc(C#N)c1. The van der Waals surface area contributed by atoms with Crippen LogP contribution in [-0.2, 0) is 0 Å². The Bertz CT molecular complexity index is 709. The first kappa shape index (κ1) is 14.1. The van der Waals surface area contributed by atoms with Crippen LogP contribution in [0, 0.1) is 17.1 Å². The number of thiol groups is 1. The molecule has 0 radical (unpaired) electrons. The van der Waals surface area contributed by atoms with Crippen molar-refractivity contribution >= 4 is 24.2 Å². The number of rotatable bonds is 2. The van der Waals surface area contributed by atoms with Crippen molar-refractivity contribution in [2.75, 3.05) is 11.9 Å². The van der Waals surface area contributed by atoms with Crippen LogP contribution >= 0.6 is 12.6 Å². The molecule has 2 aromatic rings. The molecule has 0 fully saturated rings. The Morgan fingerprint density at radius 2 is 2.05 bits per heavy atom. The number of hydrogen-bond acceptors (Lipinski definition) is 3. The molecule has 2 aromatic carbocycles. The van der Waals surface area contributed by atoms with E-state index >= 15 is 0 Å². The van der Waals surface area contributed by atoms with Gasteiger partial charge in [-0.1, -0.05) is 6.07 Å². The van der Waals surface area contributed by atoms with Crippen LogP contribution in [0.3, 0.4) is 0 Å². The number of amides is 1. The van der Waals surface area contributed by atoms with Gasteiger partial charge in [-0.25, -0.2) is 4.39 Å². The Morgan fingerprint density at radius 1 is 1.30 bits per heavy atom. The number of benzene rings is 2. The van der Waals surface area contributed by atoms with Crippen LogP contribution in [0.1, 0.15) is 15.9 Å². The molecule has 0 atom stereocenters. The maximum Gasteiger partial charge on any atom is 0.258 e. The van der Waals surface area contributed by atoms with Crippen molar-refractivity contribution in [1.82, 2.24) is 0 Å². The van der Waals surface area contributed by atoms with Crippen molar-refractivity contribution in [3.8, 4) is 6.07 Å². The summed E-state index contributed by atoms with van der Waals surface area (Å²) in [5.41, 5.74) is 1.40. The second-order valence-electron chi connectivity index (χ2n) is 4.19. The molecule has 20 heavy (non-hydrogen) atoms. The van der Waals surface area contributed by atoms with Crippen LogP contribution in [0.2, 0.25) is 0 Å². The molecule has 0 unspecified atom stereocenters. The highest BCUT2D eigenvalue weighted by Crippen LogP contribution is 2.19. The minimum Gasteiger partial charge on any atom is -0.311 e. The first-order valence-corrected chi connectivity index (χ1v) is 6.24. The molecular weight excluding hydrogens is 275 g/mol. The van der Waals surface area contributed by atoms with Gasteiger partial charge in [0, 0.05) is 23.2 Å². The largest absolute Gasteiger partial charge is 0.311 e. The number of anilines is 1. The van der Waals surface area contributed by atoms with Crippen molar-refractivity contribution in [1.29, 1.82) is 5.26 Å². The molecule has 0 aliphatic heterocycles. The minimum absolute atomic E-state index is 0.120. The van der Waals surface area contributed by atoms with Crippen molar-refractivity contribution in [2.24, 2.45) is 0 Å². The maximum absolute atomic E-state index is 13.1. The van der Waals surface area contributed by atoms with Gasteiger partial charge in [-0.15, -0.1) is 12.6 Å². The number of halogens is 1. The lowest BCUT2D eigenvalue weighted by molar-refractivity contribution is 0.0992. The van der Waals surface area contributed by atoms with Gasteiger partial charge in [-0.05, 0) is 36.4 Å². The fourth-order valence-electron chi connectivity index (χ4n) is 1.74. The molecule has 5 heteroatoms. The number of nitrogens with zero attached hydrogens (tertiary/aromatic N) is 2. The second kappa shape index (κ2) is 5.76. The summed E-state index contributed by atoms with van der Waals surface area (Å²) in [5.74, 6) is -0.769. The average Bonchev–Trinajstić information content (AvgIpc) is 2.48. The number of carbonyl (C=O) groups excluding carboxylic acids is 1. The lowest BCUT2D eigenvalue weighted by atomic mass is 10.1. The minimum atomic E-state index is -0.473. The molecule has 0 aliphatic rings. The first-order valence-electron chi connectivity index (χ1n) is 5.79. The van der Waals surface area contributed by atoms with E-state index in [2.05, 4.69) is 12.6 Å². The second-order valence-corrected chi connectivity index (χ2v) is 4.67. The summed E-state index contributed by atoms with van der Waals surface area (Å²) >= 11 is 3.96. The fraction of sp³-hybridized carbons (Fsp3) is 0.0667. The zero-order valence-corrected chi connectivity index (χ0v) is 11.6. The van der Waals surface area contributed by atoms with E-state index in [4.69, 9.17) is 5.26 Å². The molecule has 0 spiro atoms. The van der Waals surface area contributed by atoms with E-state index in [0.717, 1.165) is 0 Å². The number of carbonyl (C=O) groups is 1. The summed E-state index contributed by atoms with van der Waals surface area (Å²) < 4.78 is 13.1. The smallest absolute Gasteiger partial charge is 0.258 e. The summed E-state index contributed by atoms with van der Waals surface area (Å²) in [6.45, 7) is 0. The lowest BCUT2D eigenvalue weighted by Gasteiger charge is -2.17. The van der Waals surface area contributed by atoms with Gasteiger partial charge in [-0.2, -0.15) is 5.26 Å². The van der Waals surface area contributed by atoms with Crippen molar-refractivity contribution < 1.29 is 9.18 Å². The zero-order valence-electron chi connectivity index (χ0n) is 10.7. The topological polar surface area (TPSA) is 44.1 Å². The first-order chi connectivity index (χ1) is 9.52. The van der Waals surface area contributed by atoms with Crippen molar-refractivity contribution in [2.45, 2.75) is 4.90 Å². The zero-order chi connectivity index (χ0) is 14.7. The lowest BCUT2D eigenvalue weighted by Crippen LogP contribution is -2.26. The summed E-state index contributed by atoms with van der Waals surface area (Å²) in [6.07, 6.45) is 0. The van der Waals surface area contributed by atoms with E-state index < -0.39 is 5.82 Å². The summed E-state index contributed by atoms with van der Waals surface area (Å²) in [7, 11) is 1.60. The Balaban J connectivity index is 2.32. The molecule has 3 nitrogen and oxygen atoms in total. The van der Waals surface area contributed by atoms with Crippen LogP contribution in [0.4, 0.5) is 10.1 Å². The van der Waals surface area contributed by atoms with E-state index in [1.807, 2.05) is 6.07 Å². The Hall–Kier alpha value is -2.32. The number of nitriles is 1. The highest BCUT2D eigenvalue weighted by Gasteiger charge is 2.15. The Morgan fingerprint density at radius 3 is 2.70 bits per heavy atom. The molecule has 0 saturated heterocycles. The molecule has 1 amide bonds. The van der Waals surface area contributed by atoms with E-state index in [9.17, 15) is 9.18 Å². The molecular formula is C15H11FN2OS. The van der Waals surface area contributed by atoms with Gasteiger partial charge in [0.05, 0.1) is 11.6 Å². The van der Waals surface area contributed by atoms with Gasteiger partial charge in [0.15, 0.2) is 0 Å². The van der Waals surface area contributed by atoms with Gasteiger partial charge in [0.2, 0.25) is 0 Å². The predicted octanol–water partition coefficient (Wildman–Crippen LogP) is 3.26. The van der Waals surface area contributed by atoms with Gasteiger partial charge in [0.1, 0.15) is 5.82 Å². The molecule has 0 saturated carbocycles. The van der Waals surface area contributed by atoms with E-state index in [1.165, 1.54) is 23.1 Å². The fourth-order valence-corrected chi connectivity index (χ4v) is 1.95. The van der Waals surface area contributed by atoms with E-state index in [0.29, 0.717) is 16.8 Å². The van der Waals surface area contributed by atoms with Gasteiger partial charge in [-0.3, -0.25) is 4.79 Å². The molecule has 2 rings (SSSR count). The standard InChI is InChI=1S/C15H11FN2OS/c1-18(12-4-2-3-10(7-12)9-17)15(19)11-5-6-13(16)14(20)8-11/h2-8,20H,1H3. The van der Waals surface area contributed by atoms with Gasteiger partial charge < -0.3 is 4.90 Å². The summed E-state index contributed by atoms with van der Waals surface area (Å²) in [5, 5.41) is 8.86. The van der Waals surface area contributed by atoms with E-state index in [-0.39, 0.29) is 10.8 Å². The van der Waals surface area contributed by atoms with E-state index in [1.54, 1.807) is 31.3 Å². The van der Waals surface area contributed by atoms with Crippen molar-refractivity contribution in [3.05, 3.63) is 59.4 Å². The maximum atomic E-state index is 13.1. The van der Waals surface area contributed by atoms with Crippen LogP contribution in [0.25, 0.3) is 0 Å². The van der Waals surface area contributed by atoms with Crippen LogP contribution in [0.5, 0.6) is 0 Å². The monoisotopic (exact) mass is 286 g/mol. The van der Waals surface area contributed by atoms with Crippen LogP contribution in [0.15, 0.2) is 47.4 Å². The van der Waals surface area contributed by atoms with Gasteiger partial charge in [0.25, 0.3) is 5.91 Å². The molecule has 0 aromatic heterocycles. The Kier molecular flexibility index (Phi) is 4.06. The third-order valence-electron chi connectivity index (χ3n) is 2.86. The van der Waals surface area contributed by atoms with Crippen LogP contribution < -0.4 is 4.90 Å².